The molecule has 0 spiro atoms. The van der Waals surface area contributed by atoms with Crippen molar-refractivity contribution in [1.29, 1.82) is 0 Å². The summed E-state index contributed by atoms with van der Waals surface area (Å²) in [7, 11) is 2.06. The predicted molar refractivity (Wildman–Crippen MR) is 54.5 cm³/mol. The first kappa shape index (κ1) is 11.0. The van der Waals surface area contributed by atoms with Gasteiger partial charge in [-0.05, 0) is 26.8 Å². The zero-order chi connectivity index (χ0) is 9.84. The van der Waals surface area contributed by atoms with E-state index < -0.39 is 0 Å². The van der Waals surface area contributed by atoms with Gasteiger partial charge in [0.1, 0.15) is 0 Å². The van der Waals surface area contributed by atoms with E-state index in [0.717, 1.165) is 19.4 Å². The summed E-state index contributed by atoms with van der Waals surface area (Å²) >= 11 is 0. The van der Waals surface area contributed by atoms with Gasteiger partial charge in [-0.2, -0.15) is 0 Å². The molecule has 78 valence electrons. The first-order valence-electron chi connectivity index (χ1n) is 5.25. The summed E-state index contributed by atoms with van der Waals surface area (Å²) in [6.07, 6.45) is 4.34. The molecule has 0 bridgehead atoms. The van der Waals surface area contributed by atoms with E-state index in [0.29, 0.717) is 6.04 Å². The van der Waals surface area contributed by atoms with Crippen molar-refractivity contribution >= 4 is 0 Å². The smallest absolute Gasteiger partial charge is 0.0695 e. The average molecular weight is 186 g/mol. The molecular formula is C10H22N2O. The number of nitrogens with zero attached hydrogens (tertiary/aromatic N) is 1. The highest BCUT2D eigenvalue weighted by Gasteiger charge is 2.26. The average Bonchev–Trinajstić information content (AvgIpc) is 2.03. The Morgan fingerprint density at radius 3 is 2.62 bits per heavy atom. The monoisotopic (exact) mass is 186 g/mol. The maximum absolute atomic E-state index is 9.77. The van der Waals surface area contributed by atoms with Crippen LogP contribution in [-0.2, 0) is 0 Å². The van der Waals surface area contributed by atoms with Crippen LogP contribution in [0.15, 0.2) is 0 Å². The lowest BCUT2D eigenvalue weighted by Gasteiger charge is -2.35. The summed E-state index contributed by atoms with van der Waals surface area (Å²) in [5, 5.41) is 9.77. The van der Waals surface area contributed by atoms with Crippen molar-refractivity contribution in [2.24, 2.45) is 5.73 Å². The van der Waals surface area contributed by atoms with Crippen molar-refractivity contribution in [1.82, 2.24) is 4.90 Å². The molecule has 0 aromatic carbocycles. The third-order valence-corrected chi connectivity index (χ3v) is 2.84. The fourth-order valence-electron chi connectivity index (χ4n) is 2.20. The number of aliphatic hydroxyl groups excluding tert-OH is 1. The van der Waals surface area contributed by atoms with Crippen LogP contribution < -0.4 is 5.73 Å². The minimum atomic E-state index is -0.141. The molecule has 0 radical (unpaired) electrons. The Bertz CT molecular complexity index is 150. The van der Waals surface area contributed by atoms with Crippen LogP contribution in [0.1, 0.15) is 32.6 Å². The molecule has 3 atom stereocenters. The van der Waals surface area contributed by atoms with Crippen LogP contribution in [0.25, 0.3) is 0 Å². The summed E-state index contributed by atoms with van der Waals surface area (Å²) < 4.78 is 0. The molecule has 3 nitrogen and oxygen atoms in total. The molecule has 3 unspecified atom stereocenters. The maximum atomic E-state index is 9.77. The predicted octanol–water partition coefficient (Wildman–Crippen LogP) is 0.569. The Kier molecular flexibility index (Phi) is 4.16. The molecule has 1 aliphatic carbocycles. The van der Waals surface area contributed by atoms with Gasteiger partial charge in [-0.1, -0.05) is 12.8 Å². The van der Waals surface area contributed by atoms with Crippen molar-refractivity contribution in [3.8, 4) is 0 Å². The Labute approximate surface area is 80.9 Å². The van der Waals surface area contributed by atoms with Gasteiger partial charge in [-0.15, -0.1) is 0 Å². The minimum absolute atomic E-state index is 0.141. The van der Waals surface area contributed by atoms with Gasteiger partial charge in [-0.25, -0.2) is 0 Å². The number of hydrogen-bond acceptors (Lipinski definition) is 3. The minimum Gasteiger partial charge on any atom is -0.391 e. The number of rotatable bonds is 3. The van der Waals surface area contributed by atoms with Crippen LogP contribution in [0, 0.1) is 0 Å². The lowest BCUT2D eigenvalue weighted by molar-refractivity contribution is 0.0306. The van der Waals surface area contributed by atoms with Crippen molar-refractivity contribution < 1.29 is 5.11 Å². The van der Waals surface area contributed by atoms with Gasteiger partial charge >= 0.3 is 0 Å². The van der Waals surface area contributed by atoms with Gasteiger partial charge in [0.2, 0.25) is 0 Å². The van der Waals surface area contributed by atoms with E-state index in [1.54, 1.807) is 0 Å². The highest BCUT2D eigenvalue weighted by atomic mass is 16.3. The molecule has 0 aromatic rings. The van der Waals surface area contributed by atoms with Crippen molar-refractivity contribution in [2.45, 2.75) is 50.8 Å². The molecule has 13 heavy (non-hydrogen) atoms. The first-order valence-corrected chi connectivity index (χ1v) is 5.25. The molecule has 3 N–H and O–H groups in total. The second-order valence-corrected chi connectivity index (χ2v) is 4.34. The maximum Gasteiger partial charge on any atom is 0.0695 e. The second-order valence-electron chi connectivity index (χ2n) is 4.34. The lowest BCUT2D eigenvalue weighted by atomic mass is 9.91. The zero-order valence-electron chi connectivity index (χ0n) is 8.74. The summed E-state index contributed by atoms with van der Waals surface area (Å²) in [6.45, 7) is 2.88. The highest BCUT2D eigenvalue weighted by Crippen LogP contribution is 2.22. The van der Waals surface area contributed by atoms with Crippen LogP contribution in [0.5, 0.6) is 0 Å². The Balaban J connectivity index is 2.39. The number of hydrogen-bond donors (Lipinski definition) is 2. The molecule has 0 amide bonds. The largest absolute Gasteiger partial charge is 0.391 e. The zero-order valence-corrected chi connectivity index (χ0v) is 8.74. The number of aliphatic hydroxyl groups is 1. The normalized spacial score (nSPS) is 32.1. The van der Waals surface area contributed by atoms with Gasteiger partial charge in [-0.3, -0.25) is 4.90 Å². The van der Waals surface area contributed by atoms with E-state index in [2.05, 4.69) is 11.9 Å². The van der Waals surface area contributed by atoms with Crippen LogP contribution in [0.3, 0.4) is 0 Å². The van der Waals surface area contributed by atoms with Gasteiger partial charge in [0, 0.05) is 18.6 Å². The van der Waals surface area contributed by atoms with Crippen LogP contribution in [0.2, 0.25) is 0 Å². The Morgan fingerprint density at radius 1 is 1.46 bits per heavy atom. The first-order chi connectivity index (χ1) is 6.11. The molecule has 0 aliphatic heterocycles. The SMILES string of the molecule is CC(N)CN(C)C1CCCCC1O. The molecule has 0 saturated heterocycles. The van der Waals surface area contributed by atoms with Gasteiger partial charge in [0.05, 0.1) is 6.10 Å². The van der Waals surface area contributed by atoms with E-state index in [-0.39, 0.29) is 12.1 Å². The quantitative estimate of drug-likeness (QED) is 0.677. The fourth-order valence-corrected chi connectivity index (χ4v) is 2.20. The summed E-state index contributed by atoms with van der Waals surface area (Å²) in [6, 6.07) is 0.527. The summed E-state index contributed by atoms with van der Waals surface area (Å²) in [5.74, 6) is 0. The van der Waals surface area contributed by atoms with E-state index in [1.807, 2.05) is 6.92 Å². The topological polar surface area (TPSA) is 49.5 Å². The van der Waals surface area contributed by atoms with Crippen molar-refractivity contribution in [3.05, 3.63) is 0 Å². The standard InChI is InChI=1S/C10H22N2O/c1-8(11)7-12(2)9-5-3-4-6-10(9)13/h8-10,13H,3-7,11H2,1-2H3. The van der Waals surface area contributed by atoms with Crippen molar-refractivity contribution in [2.75, 3.05) is 13.6 Å². The Morgan fingerprint density at radius 2 is 2.08 bits per heavy atom. The molecule has 1 rings (SSSR count). The Hall–Kier alpha value is -0.120. The molecular weight excluding hydrogens is 164 g/mol. The summed E-state index contributed by atoms with van der Waals surface area (Å²) in [4.78, 5) is 2.20. The van der Waals surface area contributed by atoms with Gasteiger partial charge in [0.25, 0.3) is 0 Å². The van der Waals surface area contributed by atoms with Crippen LogP contribution in [0.4, 0.5) is 0 Å². The molecule has 1 saturated carbocycles. The van der Waals surface area contributed by atoms with Gasteiger partial charge < -0.3 is 10.8 Å². The van der Waals surface area contributed by atoms with Crippen molar-refractivity contribution in [3.63, 3.8) is 0 Å². The van der Waals surface area contributed by atoms with Crippen LogP contribution >= 0.6 is 0 Å². The van der Waals surface area contributed by atoms with E-state index in [1.165, 1.54) is 12.8 Å². The summed E-state index contributed by atoms with van der Waals surface area (Å²) in [5.41, 5.74) is 5.72. The van der Waals surface area contributed by atoms with E-state index in [9.17, 15) is 5.11 Å². The van der Waals surface area contributed by atoms with Crippen LogP contribution in [-0.4, -0.2) is 41.8 Å². The highest BCUT2D eigenvalue weighted by molar-refractivity contribution is 4.82. The number of nitrogens with two attached hydrogens (primary N) is 1. The molecule has 1 aliphatic rings. The fraction of sp³-hybridized carbons (Fsp3) is 1.00. The molecule has 0 aromatic heterocycles. The van der Waals surface area contributed by atoms with E-state index >= 15 is 0 Å². The molecule has 1 fully saturated rings. The molecule has 3 heteroatoms. The molecule has 0 heterocycles. The number of likely N-dealkylation sites (N-methyl/N-ethyl adjacent to an activating group) is 1. The lowest BCUT2D eigenvalue weighted by Crippen LogP contribution is -2.47. The van der Waals surface area contributed by atoms with E-state index in [4.69, 9.17) is 5.73 Å². The third-order valence-electron chi connectivity index (χ3n) is 2.84. The third kappa shape index (κ3) is 3.25. The second kappa shape index (κ2) is 4.94. The van der Waals surface area contributed by atoms with Gasteiger partial charge in [0.15, 0.2) is 0 Å².